The quantitative estimate of drug-likeness (QED) is 0.408. The van der Waals surface area contributed by atoms with Gasteiger partial charge in [0.1, 0.15) is 22.7 Å². The van der Waals surface area contributed by atoms with Crippen LogP contribution in [0, 0.1) is 0 Å². The number of hydrogen-bond donors (Lipinski definition) is 1. The van der Waals surface area contributed by atoms with Gasteiger partial charge in [0, 0.05) is 24.3 Å². The van der Waals surface area contributed by atoms with Crippen molar-refractivity contribution in [1.29, 1.82) is 0 Å². The molecule has 0 amide bonds. The van der Waals surface area contributed by atoms with E-state index in [4.69, 9.17) is 19.2 Å². The molecule has 3 aromatic heterocycles. The number of methoxy groups -OCH3 is 2. The smallest absolute Gasteiger partial charge is 0.419 e. The van der Waals surface area contributed by atoms with Gasteiger partial charge in [0.25, 0.3) is 0 Å². The fraction of sp³-hybridized carbons (Fsp3) is 0.346. The number of rotatable bonds is 6. The molecule has 0 fully saturated rings. The third-order valence-corrected chi connectivity index (χ3v) is 5.61. The summed E-state index contributed by atoms with van der Waals surface area (Å²) < 4.78 is 20.0. The van der Waals surface area contributed by atoms with Crippen LogP contribution < -0.4 is 4.74 Å². The maximum absolute atomic E-state index is 13.4. The van der Waals surface area contributed by atoms with Gasteiger partial charge in [-0.15, -0.1) is 0 Å². The molecule has 0 atom stereocenters. The van der Waals surface area contributed by atoms with Crippen LogP contribution in [0.1, 0.15) is 49.4 Å². The zero-order valence-electron chi connectivity index (χ0n) is 20.7. The summed E-state index contributed by atoms with van der Waals surface area (Å²) in [6.45, 7) is 7.56. The molecule has 0 spiro atoms. The first-order valence-electron chi connectivity index (χ1n) is 11.3. The molecule has 0 aliphatic heterocycles. The number of carbonyl (C=O) groups excluding carboxylic acids is 1. The number of imidazole rings is 1. The Morgan fingerprint density at radius 2 is 1.83 bits per heavy atom. The molecule has 1 aromatic carbocycles. The number of hydrogen-bond acceptors (Lipinski definition) is 6. The molecular formula is C26H29N3O6. The van der Waals surface area contributed by atoms with E-state index in [2.05, 4.69) is 0 Å². The van der Waals surface area contributed by atoms with Crippen molar-refractivity contribution in [1.82, 2.24) is 14.0 Å². The molecule has 0 saturated heterocycles. The van der Waals surface area contributed by atoms with E-state index in [9.17, 15) is 14.7 Å². The fourth-order valence-corrected chi connectivity index (χ4v) is 4.16. The summed E-state index contributed by atoms with van der Waals surface area (Å²) in [6, 6.07) is 10.5. The summed E-state index contributed by atoms with van der Waals surface area (Å²) in [5, 5.41) is 10.4. The maximum atomic E-state index is 13.4. The Hall–Kier alpha value is -3.85. The lowest BCUT2D eigenvalue weighted by atomic mass is 10.2. The Bertz CT molecular complexity index is 1440. The van der Waals surface area contributed by atoms with Gasteiger partial charge in [-0.05, 0) is 57.5 Å². The average molecular weight is 480 g/mol. The van der Waals surface area contributed by atoms with Gasteiger partial charge in [-0.1, -0.05) is 6.92 Å². The molecule has 3 heterocycles. The summed E-state index contributed by atoms with van der Waals surface area (Å²) in [5.41, 5.74) is 2.99. The van der Waals surface area contributed by atoms with Crippen LogP contribution in [0.25, 0.3) is 27.9 Å². The summed E-state index contributed by atoms with van der Waals surface area (Å²) >= 11 is 0. The Kier molecular flexibility index (Phi) is 6.29. The monoisotopic (exact) mass is 479 g/mol. The first-order chi connectivity index (χ1) is 16.6. The van der Waals surface area contributed by atoms with Gasteiger partial charge in [-0.2, -0.15) is 0 Å². The molecule has 4 aromatic rings. The molecule has 4 rings (SSSR count). The van der Waals surface area contributed by atoms with Crippen molar-refractivity contribution in [3.8, 4) is 17.1 Å². The van der Waals surface area contributed by atoms with Crippen molar-refractivity contribution >= 4 is 28.6 Å². The summed E-state index contributed by atoms with van der Waals surface area (Å²) in [4.78, 5) is 29.9. The Morgan fingerprint density at radius 3 is 2.43 bits per heavy atom. The second kappa shape index (κ2) is 9.07. The van der Waals surface area contributed by atoms with E-state index in [-0.39, 0.29) is 12.2 Å². The number of aromatic carboxylic acids is 1. The predicted octanol–water partition coefficient (Wildman–Crippen LogP) is 5.15. The van der Waals surface area contributed by atoms with E-state index < -0.39 is 17.7 Å². The van der Waals surface area contributed by atoms with Gasteiger partial charge >= 0.3 is 12.1 Å². The Balaban J connectivity index is 2.07. The molecule has 0 aliphatic rings. The van der Waals surface area contributed by atoms with Crippen LogP contribution in [0.2, 0.25) is 0 Å². The number of aromatic nitrogens is 3. The van der Waals surface area contributed by atoms with Crippen LogP contribution in [0.3, 0.4) is 0 Å². The van der Waals surface area contributed by atoms with Crippen LogP contribution in [0.5, 0.6) is 5.75 Å². The van der Waals surface area contributed by atoms with Crippen molar-refractivity contribution in [3.63, 3.8) is 0 Å². The number of fused-ring (bicyclic) bond motifs is 2. The molecule has 1 N–H and O–H groups in total. The van der Waals surface area contributed by atoms with E-state index in [1.807, 2.05) is 29.5 Å². The lowest BCUT2D eigenvalue weighted by molar-refractivity contribution is 0.0546. The van der Waals surface area contributed by atoms with Gasteiger partial charge in [-0.3, -0.25) is 4.40 Å². The Morgan fingerprint density at radius 1 is 1.09 bits per heavy atom. The van der Waals surface area contributed by atoms with E-state index in [0.29, 0.717) is 40.4 Å². The number of pyridine rings is 1. The van der Waals surface area contributed by atoms with E-state index >= 15 is 0 Å². The number of carboxylic acids is 1. The van der Waals surface area contributed by atoms with E-state index in [1.165, 1.54) is 10.6 Å². The average Bonchev–Trinajstić information content (AvgIpc) is 3.35. The van der Waals surface area contributed by atoms with Gasteiger partial charge < -0.3 is 19.3 Å². The molecule has 0 aliphatic carbocycles. The highest BCUT2D eigenvalue weighted by atomic mass is 16.6. The molecule has 9 heteroatoms. The summed E-state index contributed by atoms with van der Waals surface area (Å²) in [7, 11) is 3.14. The van der Waals surface area contributed by atoms with Crippen LogP contribution >= 0.6 is 0 Å². The highest BCUT2D eigenvalue weighted by Gasteiger charge is 2.27. The molecule has 0 unspecified atom stereocenters. The van der Waals surface area contributed by atoms with Crippen molar-refractivity contribution in [2.75, 3.05) is 14.2 Å². The first-order valence-corrected chi connectivity index (χ1v) is 11.3. The molecule has 184 valence electrons. The Labute approximate surface area is 202 Å². The molecular weight excluding hydrogens is 450 g/mol. The zero-order chi connectivity index (χ0) is 25.5. The minimum absolute atomic E-state index is 0.146. The van der Waals surface area contributed by atoms with E-state index in [1.54, 1.807) is 47.1 Å². The normalized spacial score (nSPS) is 11.8. The second-order valence-electron chi connectivity index (χ2n) is 9.20. The van der Waals surface area contributed by atoms with Gasteiger partial charge in [0.15, 0.2) is 0 Å². The molecule has 35 heavy (non-hydrogen) atoms. The lowest BCUT2D eigenvalue weighted by Crippen LogP contribution is -2.27. The van der Waals surface area contributed by atoms with Crippen LogP contribution in [-0.4, -0.2) is 50.9 Å². The maximum Gasteiger partial charge on any atom is 0.419 e. The van der Waals surface area contributed by atoms with E-state index in [0.717, 1.165) is 11.1 Å². The first kappa shape index (κ1) is 24.3. The van der Waals surface area contributed by atoms with Gasteiger partial charge in [0.2, 0.25) is 0 Å². The molecule has 0 radical (unpaired) electrons. The van der Waals surface area contributed by atoms with Gasteiger partial charge in [-0.25, -0.2) is 19.1 Å². The number of benzene rings is 1. The predicted molar refractivity (Wildman–Crippen MR) is 131 cm³/mol. The lowest BCUT2D eigenvalue weighted by Gasteiger charge is -2.21. The van der Waals surface area contributed by atoms with Crippen LogP contribution in [0.4, 0.5) is 4.79 Å². The fourth-order valence-electron chi connectivity index (χ4n) is 4.16. The minimum Gasteiger partial charge on any atom is -0.497 e. The highest BCUT2D eigenvalue weighted by Crippen LogP contribution is 2.34. The van der Waals surface area contributed by atoms with Crippen molar-refractivity contribution in [3.05, 3.63) is 53.3 Å². The molecule has 0 saturated carbocycles. The third-order valence-electron chi connectivity index (χ3n) is 5.61. The summed E-state index contributed by atoms with van der Waals surface area (Å²) in [5.74, 6) is -0.437. The molecule has 9 nitrogen and oxygen atoms in total. The van der Waals surface area contributed by atoms with Crippen molar-refractivity contribution in [2.24, 2.45) is 0 Å². The van der Waals surface area contributed by atoms with Crippen molar-refractivity contribution < 1.29 is 28.9 Å². The third kappa shape index (κ3) is 4.46. The largest absolute Gasteiger partial charge is 0.497 e. The number of ether oxygens (including phenoxy) is 3. The standard InChI is InChI=1S/C26H29N3O6/c1-7-17-10-16(24(30)31)12-22-27-23(21(14-33-5)28(17)22)20-11-15-8-9-18(34-6)13-19(15)29(20)25(32)35-26(2,3)4/h8-13H,7,14H2,1-6H3,(H,30,31). The summed E-state index contributed by atoms with van der Waals surface area (Å²) in [6.07, 6.45) is 0.0224. The number of carboxylic acid groups (broad SMARTS) is 1. The van der Waals surface area contributed by atoms with Crippen LogP contribution in [0.15, 0.2) is 36.4 Å². The van der Waals surface area contributed by atoms with Gasteiger partial charge in [0.05, 0.1) is 36.2 Å². The van der Waals surface area contributed by atoms with Crippen LogP contribution in [-0.2, 0) is 22.5 Å². The second-order valence-corrected chi connectivity index (χ2v) is 9.20. The minimum atomic E-state index is -1.03. The zero-order valence-corrected chi connectivity index (χ0v) is 20.7. The van der Waals surface area contributed by atoms with Crippen molar-refractivity contribution in [2.45, 2.75) is 46.3 Å². The topological polar surface area (TPSA) is 104 Å². The molecule has 0 bridgehead atoms. The number of nitrogens with zero attached hydrogens (tertiary/aromatic N) is 3. The number of aryl methyl sites for hydroxylation is 1. The SMILES string of the molecule is CCc1cc(C(=O)O)cc2nc(-c3cc4ccc(OC)cc4n3C(=O)OC(C)(C)C)c(COC)n12. The number of carbonyl (C=O) groups is 2. The highest BCUT2D eigenvalue weighted by molar-refractivity contribution is 5.97.